The summed E-state index contributed by atoms with van der Waals surface area (Å²) in [7, 11) is 0. The average Bonchev–Trinajstić information content (AvgIpc) is 2.46. The van der Waals surface area contributed by atoms with Gasteiger partial charge in [0.15, 0.2) is 5.78 Å². The lowest BCUT2D eigenvalue weighted by molar-refractivity contribution is -0.156. The summed E-state index contributed by atoms with van der Waals surface area (Å²) < 4.78 is 5.34. The number of piperidine rings is 1. The predicted octanol–water partition coefficient (Wildman–Crippen LogP) is 2.92. The van der Waals surface area contributed by atoms with Gasteiger partial charge in [-0.05, 0) is 46.7 Å². The number of esters is 1. The Bertz CT molecular complexity index is 511. The van der Waals surface area contributed by atoms with Crippen molar-refractivity contribution >= 4 is 11.8 Å². The Balaban J connectivity index is 1.81. The number of ketones is 1. The van der Waals surface area contributed by atoms with Gasteiger partial charge in [0.2, 0.25) is 0 Å². The van der Waals surface area contributed by atoms with E-state index in [1.54, 1.807) is 0 Å². The zero-order valence-electron chi connectivity index (χ0n) is 13.7. The van der Waals surface area contributed by atoms with Crippen LogP contribution in [0.5, 0.6) is 0 Å². The minimum atomic E-state index is -0.446. The number of nitrogens with zero attached hydrogens (tertiary/aromatic N) is 1. The molecule has 0 aliphatic carbocycles. The molecule has 1 heterocycles. The quantitative estimate of drug-likeness (QED) is 0.634. The van der Waals surface area contributed by atoms with E-state index in [-0.39, 0.29) is 17.7 Å². The van der Waals surface area contributed by atoms with E-state index in [0.29, 0.717) is 6.54 Å². The molecule has 4 nitrogen and oxygen atoms in total. The van der Waals surface area contributed by atoms with Gasteiger partial charge >= 0.3 is 5.97 Å². The first-order valence-corrected chi connectivity index (χ1v) is 7.88. The van der Waals surface area contributed by atoms with Gasteiger partial charge in [-0.2, -0.15) is 0 Å². The Morgan fingerprint density at radius 3 is 2.27 bits per heavy atom. The predicted molar refractivity (Wildman–Crippen MR) is 85.8 cm³/mol. The van der Waals surface area contributed by atoms with Crippen LogP contribution in [0.15, 0.2) is 30.3 Å². The summed E-state index contributed by atoms with van der Waals surface area (Å²) >= 11 is 0. The van der Waals surface area contributed by atoms with E-state index in [0.717, 1.165) is 31.5 Å². The van der Waals surface area contributed by atoms with Gasteiger partial charge in [0.25, 0.3) is 0 Å². The fourth-order valence-corrected chi connectivity index (χ4v) is 2.75. The summed E-state index contributed by atoms with van der Waals surface area (Å²) in [6.45, 7) is 7.45. The van der Waals surface area contributed by atoms with Crippen LogP contribution in [0.4, 0.5) is 0 Å². The molecule has 0 saturated carbocycles. The van der Waals surface area contributed by atoms with Crippen molar-refractivity contribution in [1.29, 1.82) is 0 Å². The average molecular weight is 303 g/mol. The van der Waals surface area contributed by atoms with E-state index in [1.165, 1.54) is 0 Å². The highest BCUT2D eigenvalue weighted by Gasteiger charge is 2.27. The van der Waals surface area contributed by atoms with Crippen molar-refractivity contribution in [2.45, 2.75) is 39.2 Å². The van der Waals surface area contributed by atoms with Crippen LogP contribution in [0.2, 0.25) is 0 Å². The maximum Gasteiger partial charge on any atom is 0.320 e. The first-order chi connectivity index (χ1) is 10.3. The molecule has 1 saturated heterocycles. The maximum atomic E-state index is 12.4. The van der Waals surface area contributed by atoms with E-state index in [9.17, 15) is 9.59 Å². The van der Waals surface area contributed by atoms with E-state index in [1.807, 2.05) is 51.1 Å². The van der Waals surface area contributed by atoms with Gasteiger partial charge in [-0.3, -0.25) is 14.5 Å². The van der Waals surface area contributed by atoms with Crippen LogP contribution >= 0.6 is 0 Å². The first kappa shape index (κ1) is 16.7. The third-order valence-corrected chi connectivity index (χ3v) is 3.79. The Labute approximate surface area is 132 Å². The van der Waals surface area contributed by atoms with E-state index in [4.69, 9.17) is 4.74 Å². The van der Waals surface area contributed by atoms with E-state index >= 15 is 0 Å². The maximum absolute atomic E-state index is 12.4. The monoisotopic (exact) mass is 303 g/mol. The number of carbonyl (C=O) groups is 2. The molecule has 0 bridgehead atoms. The van der Waals surface area contributed by atoms with Crippen LogP contribution in [-0.4, -0.2) is 41.9 Å². The van der Waals surface area contributed by atoms with Gasteiger partial charge in [0.1, 0.15) is 5.60 Å². The third-order valence-electron chi connectivity index (χ3n) is 3.79. The van der Waals surface area contributed by atoms with Crippen molar-refractivity contribution in [3.8, 4) is 0 Å². The summed E-state index contributed by atoms with van der Waals surface area (Å²) in [5.41, 5.74) is 0.340. The van der Waals surface area contributed by atoms with Gasteiger partial charge in [-0.1, -0.05) is 30.3 Å². The molecule has 4 heteroatoms. The molecule has 0 atom stereocenters. The SMILES string of the molecule is CC(C)(C)OC(=O)CN1CCC(C(=O)c2ccccc2)CC1. The number of benzene rings is 1. The van der Waals surface area contributed by atoms with Crippen LogP contribution < -0.4 is 0 Å². The van der Waals surface area contributed by atoms with Crippen molar-refractivity contribution < 1.29 is 14.3 Å². The molecule has 0 radical (unpaired) electrons. The van der Waals surface area contributed by atoms with Crippen molar-refractivity contribution in [2.24, 2.45) is 5.92 Å². The summed E-state index contributed by atoms with van der Waals surface area (Å²) in [5, 5.41) is 0. The smallest absolute Gasteiger partial charge is 0.320 e. The number of ether oxygens (including phenoxy) is 1. The van der Waals surface area contributed by atoms with Crippen LogP contribution in [-0.2, 0) is 9.53 Å². The highest BCUT2D eigenvalue weighted by molar-refractivity contribution is 5.97. The van der Waals surface area contributed by atoms with Gasteiger partial charge in [-0.15, -0.1) is 0 Å². The largest absolute Gasteiger partial charge is 0.459 e. The lowest BCUT2D eigenvalue weighted by Gasteiger charge is -2.31. The second-order valence-corrected chi connectivity index (χ2v) is 6.87. The van der Waals surface area contributed by atoms with Crippen LogP contribution in [0.3, 0.4) is 0 Å². The zero-order valence-corrected chi connectivity index (χ0v) is 13.7. The van der Waals surface area contributed by atoms with Gasteiger partial charge in [-0.25, -0.2) is 0 Å². The molecule has 1 aliphatic rings. The molecule has 0 spiro atoms. The molecule has 120 valence electrons. The molecule has 2 rings (SSSR count). The summed E-state index contributed by atoms with van der Waals surface area (Å²) in [6, 6.07) is 9.45. The van der Waals surface area contributed by atoms with Gasteiger partial charge in [0, 0.05) is 11.5 Å². The molecule has 1 fully saturated rings. The third kappa shape index (κ3) is 4.95. The number of hydrogen-bond donors (Lipinski definition) is 0. The Hall–Kier alpha value is -1.68. The first-order valence-electron chi connectivity index (χ1n) is 7.88. The Morgan fingerprint density at radius 2 is 1.73 bits per heavy atom. The van der Waals surface area contributed by atoms with Gasteiger partial charge in [0.05, 0.1) is 6.54 Å². The fourth-order valence-electron chi connectivity index (χ4n) is 2.75. The lowest BCUT2D eigenvalue weighted by Crippen LogP contribution is -2.41. The molecule has 1 aromatic rings. The number of hydrogen-bond acceptors (Lipinski definition) is 4. The molecule has 1 aromatic carbocycles. The molecule has 0 aromatic heterocycles. The molecule has 0 unspecified atom stereocenters. The van der Waals surface area contributed by atoms with Crippen molar-refractivity contribution in [1.82, 2.24) is 4.90 Å². The normalized spacial score (nSPS) is 17.2. The van der Waals surface area contributed by atoms with Crippen LogP contribution in [0.1, 0.15) is 44.0 Å². The van der Waals surface area contributed by atoms with Crippen molar-refractivity contribution in [3.05, 3.63) is 35.9 Å². The second-order valence-electron chi connectivity index (χ2n) is 6.87. The standard InChI is InChI=1S/C18H25NO3/c1-18(2,3)22-16(20)13-19-11-9-15(10-12-19)17(21)14-7-5-4-6-8-14/h4-8,15H,9-13H2,1-3H3. The van der Waals surface area contributed by atoms with Gasteiger partial charge < -0.3 is 4.74 Å². The molecule has 0 N–H and O–H groups in total. The molecular formula is C18H25NO3. The summed E-state index contributed by atoms with van der Waals surface area (Å²) in [4.78, 5) is 26.3. The summed E-state index contributed by atoms with van der Waals surface area (Å²) in [5.74, 6) is 0.0927. The fraction of sp³-hybridized carbons (Fsp3) is 0.556. The second kappa shape index (κ2) is 7.05. The van der Waals surface area contributed by atoms with Crippen LogP contribution in [0.25, 0.3) is 0 Å². The highest BCUT2D eigenvalue weighted by Crippen LogP contribution is 2.22. The molecule has 0 amide bonds. The van der Waals surface area contributed by atoms with Crippen molar-refractivity contribution in [3.63, 3.8) is 0 Å². The van der Waals surface area contributed by atoms with E-state index < -0.39 is 5.60 Å². The Morgan fingerprint density at radius 1 is 1.14 bits per heavy atom. The van der Waals surface area contributed by atoms with E-state index in [2.05, 4.69) is 4.90 Å². The minimum Gasteiger partial charge on any atom is -0.459 e. The summed E-state index contributed by atoms with van der Waals surface area (Å²) in [6.07, 6.45) is 1.60. The molecular weight excluding hydrogens is 278 g/mol. The molecule has 22 heavy (non-hydrogen) atoms. The van der Waals surface area contributed by atoms with Crippen LogP contribution in [0, 0.1) is 5.92 Å². The zero-order chi connectivity index (χ0) is 16.2. The number of rotatable bonds is 4. The lowest BCUT2D eigenvalue weighted by atomic mass is 9.89. The number of likely N-dealkylation sites (tertiary alicyclic amines) is 1. The Kier molecular flexibility index (Phi) is 5.35. The number of carbonyl (C=O) groups excluding carboxylic acids is 2. The topological polar surface area (TPSA) is 46.6 Å². The highest BCUT2D eigenvalue weighted by atomic mass is 16.6. The minimum absolute atomic E-state index is 0.0669. The van der Waals surface area contributed by atoms with Crippen molar-refractivity contribution in [2.75, 3.05) is 19.6 Å². The molecule has 1 aliphatic heterocycles. The number of Topliss-reactive ketones (excluding diaryl/α,β-unsaturated/α-hetero) is 1.